The van der Waals surface area contributed by atoms with E-state index in [0.29, 0.717) is 10.9 Å². The summed E-state index contributed by atoms with van der Waals surface area (Å²) in [5, 5.41) is 4.03. The molecule has 0 saturated heterocycles. The second kappa shape index (κ2) is 6.61. The summed E-state index contributed by atoms with van der Waals surface area (Å²) in [5.74, 6) is 1.35. The number of benzene rings is 1. The zero-order valence-electron chi connectivity index (χ0n) is 9.79. The number of halogens is 1. The Labute approximate surface area is 102 Å². The Balaban J connectivity index is 2.61. The van der Waals surface area contributed by atoms with Crippen LogP contribution in [-0.4, -0.2) is 20.2 Å². The van der Waals surface area contributed by atoms with Crippen LogP contribution in [0.5, 0.6) is 5.75 Å². The molecule has 1 unspecified atom stereocenters. The molecule has 1 aromatic rings. The number of hydrogen-bond acceptors (Lipinski definition) is 3. The van der Waals surface area contributed by atoms with Gasteiger partial charge in [-0.25, -0.2) is 0 Å². The molecule has 90 valence electrons. The van der Waals surface area contributed by atoms with E-state index < -0.39 is 0 Å². The third-order valence-corrected chi connectivity index (χ3v) is 2.70. The minimum Gasteiger partial charge on any atom is -0.495 e. The lowest BCUT2D eigenvalue weighted by atomic mass is 10.1. The molecule has 3 nitrogen and oxygen atoms in total. The minimum atomic E-state index is 0.536. The maximum Gasteiger partial charge on any atom is 0.142 e. The highest BCUT2D eigenvalue weighted by molar-refractivity contribution is 6.30. The van der Waals surface area contributed by atoms with Crippen molar-refractivity contribution in [3.63, 3.8) is 0 Å². The molecule has 0 radical (unpaired) electrons. The van der Waals surface area contributed by atoms with Crippen molar-refractivity contribution in [2.45, 2.75) is 13.3 Å². The van der Waals surface area contributed by atoms with Crippen molar-refractivity contribution in [2.24, 2.45) is 11.7 Å². The average Bonchev–Trinajstić information content (AvgIpc) is 2.27. The number of nitrogens with one attached hydrogen (secondary N) is 1. The van der Waals surface area contributed by atoms with E-state index in [1.54, 1.807) is 7.11 Å². The van der Waals surface area contributed by atoms with Gasteiger partial charge in [0, 0.05) is 11.6 Å². The number of methoxy groups -OCH3 is 1. The first kappa shape index (κ1) is 13.1. The normalized spacial score (nSPS) is 12.2. The summed E-state index contributed by atoms with van der Waals surface area (Å²) in [7, 11) is 1.65. The molecule has 0 aliphatic rings. The van der Waals surface area contributed by atoms with Crippen molar-refractivity contribution in [1.82, 2.24) is 0 Å². The molecular weight excluding hydrogens is 224 g/mol. The van der Waals surface area contributed by atoms with E-state index in [2.05, 4.69) is 12.2 Å². The highest BCUT2D eigenvalue weighted by Gasteiger charge is 2.05. The van der Waals surface area contributed by atoms with Gasteiger partial charge < -0.3 is 15.8 Å². The van der Waals surface area contributed by atoms with E-state index in [1.807, 2.05) is 18.2 Å². The molecule has 0 spiro atoms. The summed E-state index contributed by atoms with van der Waals surface area (Å²) < 4.78 is 5.25. The van der Waals surface area contributed by atoms with Crippen LogP contribution in [0.25, 0.3) is 0 Å². The quantitative estimate of drug-likeness (QED) is 0.807. The SMILES string of the molecule is COc1ccc(Cl)cc1NCC(C)CCN. The average molecular weight is 243 g/mol. The van der Waals surface area contributed by atoms with Gasteiger partial charge in [-0.3, -0.25) is 0 Å². The van der Waals surface area contributed by atoms with Crippen molar-refractivity contribution in [3.8, 4) is 5.75 Å². The Morgan fingerprint density at radius 3 is 2.88 bits per heavy atom. The summed E-state index contributed by atoms with van der Waals surface area (Å²) in [4.78, 5) is 0. The van der Waals surface area contributed by atoms with E-state index in [1.165, 1.54) is 0 Å². The van der Waals surface area contributed by atoms with Gasteiger partial charge in [-0.15, -0.1) is 0 Å². The van der Waals surface area contributed by atoms with Crippen LogP contribution < -0.4 is 15.8 Å². The van der Waals surface area contributed by atoms with Gasteiger partial charge in [0.25, 0.3) is 0 Å². The topological polar surface area (TPSA) is 47.3 Å². The predicted octanol–water partition coefficient (Wildman–Crippen LogP) is 2.75. The lowest BCUT2D eigenvalue weighted by Gasteiger charge is -2.15. The Morgan fingerprint density at radius 1 is 1.50 bits per heavy atom. The monoisotopic (exact) mass is 242 g/mol. The molecule has 0 saturated carbocycles. The first-order chi connectivity index (χ1) is 7.67. The standard InChI is InChI=1S/C12H19ClN2O/c1-9(5-6-14)8-15-11-7-10(13)3-4-12(11)16-2/h3-4,7,9,15H,5-6,8,14H2,1-2H3. The Morgan fingerprint density at radius 2 is 2.25 bits per heavy atom. The number of rotatable bonds is 6. The molecule has 16 heavy (non-hydrogen) atoms. The van der Waals surface area contributed by atoms with Crippen LogP contribution >= 0.6 is 11.6 Å². The molecule has 3 N–H and O–H groups in total. The maximum absolute atomic E-state index is 5.93. The largest absolute Gasteiger partial charge is 0.495 e. The molecule has 0 amide bonds. The Kier molecular flexibility index (Phi) is 5.43. The minimum absolute atomic E-state index is 0.536. The third-order valence-electron chi connectivity index (χ3n) is 2.46. The van der Waals surface area contributed by atoms with Crippen molar-refractivity contribution >= 4 is 17.3 Å². The Bertz CT molecular complexity index is 331. The Hall–Kier alpha value is -0.930. The third kappa shape index (κ3) is 3.91. The van der Waals surface area contributed by atoms with Gasteiger partial charge in [-0.05, 0) is 37.1 Å². The van der Waals surface area contributed by atoms with Crippen LogP contribution in [0.1, 0.15) is 13.3 Å². The van der Waals surface area contributed by atoms with Crippen LogP contribution in [-0.2, 0) is 0 Å². The smallest absolute Gasteiger partial charge is 0.142 e. The second-order valence-corrected chi connectivity index (χ2v) is 4.34. The van der Waals surface area contributed by atoms with Crippen LogP contribution in [0.15, 0.2) is 18.2 Å². The van der Waals surface area contributed by atoms with Crippen molar-refractivity contribution in [1.29, 1.82) is 0 Å². The number of hydrogen-bond donors (Lipinski definition) is 2. The van der Waals surface area contributed by atoms with E-state index in [0.717, 1.165) is 30.9 Å². The van der Waals surface area contributed by atoms with Crippen LogP contribution in [0.3, 0.4) is 0 Å². The zero-order chi connectivity index (χ0) is 12.0. The van der Waals surface area contributed by atoms with Gasteiger partial charge in [0.05, 0.1) is 12.8 Å². The van der Waals surface area contributed by atoms with Crippen molar-refractivity contribution in [3.05, 3.63) is 23.2 Å². The lowest BCUT2D eigenvalue weighted by molar-refractivity contribution is 0.416. The molecule has 0 fully saturated rings. The van der Waals surface area contributed by atoms with Crippen LogP contribution in [0.2, 0.25) is 5.02 Å². The van der Waals surface area contributed by atoms with E-state index in [4.69, 9.17) is 22.1 Å². The van der Waals surface area contributed by atoms with E-state index in [9.17, 15) is 0 Å². The molecule has 4 heteroatoms. The fraction of sp³-hybridized carbons (Fsp3) is 0.500. The summed E-state index contributed by atoms with van der Waals surface area (Å²) in [6.45, 7) is 3.75. The van der Waals surface area contributed by atoms with Gasteiger partial charge in [0.15, 0.2) is 0 Å². The highest BCUT2D eigenvalue weighted by Crippen LogP contribution is 2.27. The zero-order valence-corrected chi connectivity index (χ0v) is 10.6. The fourth-order valence-electron chi connectivity index (χ4n) is 1.49. The van der Waals surface area contributed by atoms with Crippen molar-refractivity contribution in [2.75, 3.05) is 25.5 Å². The van der Waals surface area contributed by atoms with Gasteiger partial charge >= 0.3 is 0 Å². The van der Waals surface area contributed by atoms with E-state index >= 15 is 0 Å². The fourth-order valence-corrected chi connectivity index (χ4v) is 1.66. The predicted molar refractivity (Wildman–Crippen MR) is 69.3 cm³/mol. The van der Waals surface area contributed by atoms with Crippen LogP contribution in [0, 0.1) is 5.92 Å². The summed E-state index contributed by atoms with van der Waals surface area (Å²) >= 11 is 5.93. The molecule has 1 aromatic carbocycles. The molecule has 0 bridgehead atoms. The summed E-state index contributed by atoms with van der Waals surface area (Å²) in [6.07, 6.45) is 1.01. The first-order valence-corrected chi connectivity index (χ1v) is 5.82. The molecule has 0 aliphatic heterocycles. The van der Waals surface area contributed by atoms with Gasteiger partial charge in [0.1, 0.15) is 5.75 Å². The summed E-state index contributed by atoms with van der Waals surface area (Å²) in [6, 6.07) is 5.54. The molecular formula is C12H19ClN2O. The number of ether oxygens (including phenoxy) is 1. The first-order valence-electron chi connectivity index (χ1n) is 5.45. The number of nitrogens with two attached hydrogens (primary N) is 1. The summed E-state index contributed by atoms with van der Waals surface area (Å²) in [5.41, 5.74) is 6.43. The van der Waals surface area contributed by atoms with Crippen molar-refractivity contribution < 1.29 is 4.74 Å². The maximum atomic E-state index is 5.93. The molecule has 0 aliphatic carbocycles. The highest BCUT2D eigenvalue weighted by atomic mass is 35.5. The lowest BCUT2D eigenvalue weighted by Crippen LogP contribution is -2.15. The van der Waals surface area contributed by atoms with Gasteiger partial charge in [0.2, 0.25) is 0 Å². The molecule has 1 atom stereocenters. The number of anilines is 1. The van der Waals surface area contributed by atoms with E-state index in [-0.39, 0.29) is 0 Å². The molecule has 0 heterocycles. The van der Waals surface area contributed by atoms with Gasteiger partial charge in [-0.1, -0.05) is 18.5 Å². The molecule has 1 rings (SSSR count). The van der Waals surface area contributed by atoms with Gasteiger partial charge in [-0.2, -0.15) is 0 Å². The molecule has 0 aromatic heterocycles. The second-order valence-electron chi connectivity index (χ2n) is 3.91. The van der Waals surface area contributed by atoms with Crippen LogP contribution in [0.4, 0.5) is 5.69 Å².